The van der Waals surface area contributed by atoms with E-state index in [2.05, 4.69) is 23.8 Å². The van der Waals surface area contributed by atoms with E-state index in [0.717, 1.165) is 0 Å². The summed E-state index contributed by atoms with van der Waals surface area (Å²) in [5.41, 5.74) is 1.12. The lowest BCUT2D eigenvalue weighted by Gasteiger charge is -2.25. The van der Waals surface area contributed by atoms with Gasteiger partial charge in [0.2, 0.25) is 5.90 Å². The van der Waals surface area contributed by atoms with Gasteiger partial charge in [-0.05, 0) is 23.5 Å². The van der Waals surface area contributed by atoms with Gasteiger partial charge in [-0.15, -0.1) is 0 Å². The molecule has 0 fully saturated rings. The molecule has 2 heterocycles. The standard InChI is InChI=1S/C16H24N2O2/c1-10(2)13-9-20-15(18-13)12-8-6-7-11(17-12)14(19)16(3,4)5/h6-8,10,13-14,19H,9H2,1-5H3/t13-,14-/m1/s1. The van der Waals surface area contributed by atoms with E-state index in [1.54, 1.807) is 0 Å². The van der Waals surface area contributed by atoms with Gasteiger partial charge < -0.3 is 9.84 Å². The quantitative estimate of drug-likeness (QED) is 0.923. The van der Waals surface area contributed by atoms with Crippen molar-refractivity contribution in [2.75, 3.05) is 6.61 Å². The zero-order valence-corrected chi connectivity index (χ0v) is 12.9. The predicted molar refractivity (Wildman–Crippen MR) is 79.8 cm³/mol. The first-order chi connectivity index (χ1) is 9.29. The summed E-state index contributed by atoms with van der Waals surface area (Å²) in [5, 5.41) is 10.3. The van der Waals surface area contributed by atoms with Gasteiger partial charge in [0.15, 0.2) is 0 Å². The molecule has 0 aliphatic carbocycles. The molecule has 0 bridgehead atoms. The fourth-order valence-corrected chi connectivity index (χ4v) is 2.04. The van der Waals surface area contributed by atoms with Gasteiger partial charge in [0, 0.05) is 0 Å². The molecule has 1 aliphatic heterocycles. The Morgan fingerprint density at radius 3 is 2.55 bits per heavy atom. The third-order valence-electron chi connectivity index (χ3n) is 3.53. The molecule has 1 aliphatic rings. The summed E-state index contributed by atoms with van der Waals surface area (Å²) in [6, 6.07) is 5.80. The van der Waals surface area contributed by atoms with E-state index in [9.17, 15) is 5.11 Å². The minimum absolute atomic E-state index is 0.197. The molecule has 1 aromatic heterocycles. The van der Waals surface area contributed by atoms with Crippen LogP contribution in [0.3, 0.4) is 0 Å². The van der Waals surface area contributed by atoms with E-state index in [1.807, 2.05) is 39.0 Å². The van der Waals surface area contributed by atoms with Crippen LogP contribution in [0.2, 0.25) is 0 Å². The maximum atomic E-state index is 10.3. The first-order valence-corrected chi connectivity index (χ1v) is 7.15. The highest BCUT2D eigenvalue weighted by atomic mass is 16.5. The molecule has 0 aromatic carbocycles. The third kappa shape index (κ3) is 3.18. The van der Waals surface area contributed by atoms with Crippen molar-refractivity contribution in [2.45, 2.75) is 46.8 Å². The minimum Gasteiger partial charge on any atom is -0.474 e. The van der Waals surface area contributed by atoms with Crippen LogP contribution in [0.4, 0.5) is 0 Å². The molecule has 1 N–H and O–H groups in total. The Kier molecular flexibility index (Phi) is 4.14. The van der Waals surface area contributed by atoms with Crippen LogP contribution in [0, 0.1) is 11.3 Å². The molecule has 0 amide bonds. The second-order valence-corrected chi connectivity index (χ2v) is 6.77. The lowest BCUT2D eigenvalue weighted by molar-refractivity contribution is 0.0588. The topological polar surface area (TPSA) is 54.7 Å². The van der Waals surface area contributed by atoms with E-state index in [-0.39, 0.29) is 11.5 Å². The highest BCUT2D eigenvalue weighted by Gasteiger charge is 2.27. The molecule has 0 spiro atoms. The molecule has 4 heteroatoms. The van der Waals surface area contributed by atoms with Crippen molar-refractivity contribution in [2.24, 2.45) is 16.3 Å². The Labute approximate surface area is 120 Å². The van der Waals surface area contributed by atoms with Crippen LogP contribution >= 0.6 is 0 Å². The number of aliphatic imine (C=N–C) groups is 1. The van der Waals surface area contributed by atoms with Gasteiger partial charge in [-0.25, -0.2) is 9.98 Å². The smallest absolute Gasteiger partial charge is 0.235 e. The van der Waals surface area contributed by atoms with Crippen LogP contribution in [-0.4, -0.2) is 28.6 Å². The highest BCUT2D eigenvalue weighted by molar-refractivity contribution is 5.93. The molecule has 0 saturated carbocycles. The number of ether oxygens (including phenoxy) is 1. The van der Waals surface area contributed by atoms with Gasteiger partial charge in [0.1, 0.15) is 18.4 Å². The van der Waals surface area contributed by atoms with Crippen LogP contribution in [0.15, 0.2) is 23.2 Å². The molecule has 4 nitrogen and oxygen atoms in total. The Balaban J connectivity index is 2.25. The molecule has 110 valence electrons. The maximum Gasteiger partial charge on any atom is 0.235 e. The molecule has 2 rings (SSSR count). The number of hydrogen-bond acceptors (Lipinski definition) is 4. The molecule has 0 unspecified atom stereocenters. The normalized spacial score (nSPS) is 20.8. The first kappa shape index (κ1) is 15.0. The number of nitrogens with zero attached hydrogens (tertiary/aromatic N) is 2. The summed E-state index contributed by atoms with van der Waals surface area (Å²) in [6.45, 7) is 10.8. The summed E-state index contributed by atoms with van der Waals surface area (Å²) >= 11 is 0. The minimum atomic E-state index is -0.606. The van der Waals surface area contributed by atoms with Gasteiger partial charge in [0.05, 0.1) is 11.7 Å². The molecule has 2 atom stereocenters. The number of pyridine rings is 1. The van der Waals surface area contributed by atoms with Crippen molar-refractivity contribution in [1.29, 1.82) is 0 Å². The summed E-state index contributed by atoms with van der Waals surface area (Å²) in [7, 11) is 0. The van der Waals surface area contributed by atoms with Gasteiger partial charge in [-0.3, -0.25) is 0 Å². The number of rotatable bonds is 3. The molecule has 0 radical (unpaired) electrons. The van der Waals surface area contributed by atoms with E-state index < -0.39 is 6.10 Å². The summed E-state index contributed by atoms with van der Waals surface area (Å²) in [4.78, 5) is 9.08. The van der Waals surface area contributed by atoms with Crippen molar-refractivity contribution < 1.29 is 9.84 Å². The van der Waals surface area contributed by atoms with Crippen molar-refractivity contribution in [3.05, 3.63) is 29.6 Å². The SMILES string of the molecule is CC(C)[C@H]1COC(c2cccc([C@@H](O)C(C)(C)C)n2)=N1. The van der Waals surface area contributed by atoms with Crippen molar-refractivity contribution >= 4 is 5.90 Å². The fraction of sp³-hybridized carbons (Fsp3) is 0.625. The van der Waals surface area contributed by atoms with Gasteiger partial charge >= 0.3 is 0 Å². The van der Waals surface area contributed by atoms with Crippen molar-refractivity contribution in [1.82, 2.24) is 4.98 Å². The Morgan fingerprint density at radius 1 is 1.30 bits per heavy atom. The van der Waals surface area contributed by atoms with Gasteiger partial charge in [-0.2, -0.15) is 0 Å². The average molecular weight is 276 g/mol. The zero-order chi connectivity index (χ0) is 14.9. The number of aromatic nitrogens is 1. The van der Waals surface area contributed by atoms with Gasteiger partial charge in [-0.1, -0.05) is 40.7 Å². The fourth-order valence-electron chi connectivity index (χ4n) is 2.04. The number of aliphatic hydroxyl groups is 1. The Bertz CT molecular complexity index is 503. The highest BCUT2D eigenvalue weighted by Crippen LogP contribution is 2.31. The first-order valence-electron chi connectivity index (χ1n) is 7.15. The Hall–Kier alpha value is -1.42. The largest absolute Gasteiger partial charge is 0.474 e. The third-order valence-corrected chi connectivity index (χ3v) is 3.53. The number of aliphatic hydroxyl groups excluding tert-OH is 1. The number of hydrogen-bond donors (Lipinski definition) is 1. The second kappa shape index (κ2) is 5.52. The monoisotopic (exact) mass is 276 g/mol. The maximum absolute atomic E-state index is 10.3. The van der Waals surface area contributed by atoms with Crippen LogP contribution in [0.1, 0.15) is 52.1 Å². The second-order valence-electron chi connectivity index (χ2n) is 6.77. The van der Waals surface area contributed by atoms with Crippen LogP contribution in [0.5, 0.6) is 0 Å². The van der Waals surface area contributed by atoms with Crippen molar-refractivity contribution in [3.63, 3.8) is 0 Å². The summed E-state index contributed by atoms with van der Waals surface area (Å²) in [5.74, 6) is 1.04. The van der Waals surface area contributed by atoms with Gasteiger partial charge in [0.25, 0.3) is 0 Å². The molecular formula is C16H24N2O2. The zero-order valence-electron chi connectivity index (χ0n) is 12.9. The van der Waals surface area contributed by atoms with Crippen molar-refractivity contribution in [3.8, 4) is 0 Å². The Morgan fingerprint density at radius 2 is 2.00 bits per heavy atom. The molecule has 1 aromatic rings. The lowest BCUT2D eigenvalue weighted by Crippen LogP contribution is -2.20. The molecule has 20 heavy (non-hydrogen) atoms. The average Bonchev–Trinajstić information content (AvgIpc) is 2.86. The lowest BCUT2D eigenvalue weighted by atomic mass is 9.87. The van der Waals surface area contributed by atoms with Crippen LogP contribution < -0.4 is 0 Å². The van der Waals surface area contributed by atoms with E-state index in [4.69, 9.17) is 4.74 Å². The predicted octanol–water partition coefficient (Wildman–Crippen LogP) is 2.96. The molecular weight excluding hydrogens is 252 g/mol. The summed E-state index contributed by atoms with van der Waals surface area (Å²) < 4.78 is 5.64. The van der Waals surface area contributed by atoms with E-state index >= 15 is 0 Å². The van der Waals surface area contributed by atoms with E-state index in [0.29, 0.717) is 29.8 Å². The van der Waals surface area contributed by atoms with Crippen LogP contribution in [-0.2, 0) is 4.74 Å². The molecule has 0 saturated heterocycles. The van der Waals surface area contributed by atoms with E-state index in [1.165, 1.54) is 0 Å². The summed E-state index contributed by atoms with van der Waals surface area (Å²) in [6.07, 6.45) is -0.606. The van der Waals surface area contributed by atoms with Crippen LogP contribution in [0.25, 0.3) is 0 Å².